The molecule has 0 radical (unpaired) electrons. The minimum absolute atomic E-state index is 0.0124. The van der Waals surface area contributed by atoms with E-state index in [0.717, 1.165) is 0 Å². The van der Waals surface area contributed by atoms with Crippen molar-refractivity contribution in [2.75, 3.05) is 5.32 Å². The molecule has 0 heterocycles. The zero-order valence-corrected chi connectivity index (χ0v) is 16.7. The number of nitrogens with one attached hydrogen (secondary N) is 1. The van der Waals surface area contributed by atoms with E-state index in [2.05, 4.69) is 5.32 Å². The van der Waals surface area contributed by atoms with Gasteiger partial charge in [-0.05, 0) is 66.2 Å². The van der Waals surface area contributed by atoms with Crippen LogP contribution in [0.4, 0.5) is 10.1 Å². The van der Waals surface area contributed by atoms with Crippen LogP contribution in [0.15, 0.2) is 76.5 Å². The third-order valence-electron chi connectivity index (χ3n) is 3.92. The Kier molecular flexibility index (Phi) is 6.03. The Morgan fingerprint density at radius 1 is 0.893 bits per heavy atom. The summed E-state index contributed by atoms with van der Waals surface area (Å²) < 4.78 is 38.7. The Bertz CT molecular complexity index is 1120. The number of anilines is 1. The van der Waals surface area contributed by atoms with Crippen LogP contribution in [0, 0.1) is 5.82 Å². The highest BCUT2D eigenvalue weighted by atomic mass is 35.5. The Hall–Kier alpha value is -2.41. The van der Waals surface area contributed by atoms with Gasteiger partial charge in [0, 0.05) is 10.7 Å². The van der Waals surface area contributed by atoms with Crippen LogP contribution in [0.5, 0.6) is 0 Å². The molecule has 0 aromatic heterocycles. The van der Waals surface area contributed by atoms with Crippen LogP contribution in [0.1, 0.15) is 5.56 Å². The van der Waals surface area contributed by atoms with Gasteiger partial charge in [-0.2, -0.15) is 0 Å². The largest absolute Gasteiger partial charge is 0.326 e. The van der Waals surface area contributed by atoms with Crippen LogP contribution in [0.2, 0.25) is 10.0 Å². The summed E-state index contributed by atoms with van der Waals surface area (Å²) in [5.74, 6) is -0.959. The van der Waals surface area contributed by atoms with Gasteiger partial charge in [-0.25, -0.2) is 12.8 Å². The highest BCUT2D eigenvalue weighted by Gasteiger charge is 2.17. The van der Waals surface area contributed by atoms with Gasteiger partial charge >= 0.3 is 0 Å². The van der Waals surface area contributed by atoms with E-state index in [-0.39, 0.29) is 27.1 Å². The van der Waals surface area contributed by atoms with Gasteiger partial charge in [0.25, 0.3) is 0 Å². The quantitative estimate of drug-likeness (QED) is 0.600. The van der Waals surface area contributed by atoms with E-state index < -0.39 is 15.7 Å². The van der Waals surface area contributed by atoms with Crippen molar-refractivity contribution in [1.29, 1.82) is 0 Å². The second-order valence-corrected chi connectivity index (χ2v) is 8.75. The van der Waals surface area contributed by atoms with Crippen LogP contribution in [0.25, 0.3) is 0 Å². The number of hydrogen-bond acceptors (Lipinski definition) is 3. The first-order valence-corrected chi connectivity index (χ1v) is 10.3. The first-order chi connectivity index (χ1) is 13.3. The lowest BCUT2D eigenvalue weighted by Crippen LogP contribution is -2.14. The van der Waals surface area contributed by atoms with Gasteiger partial charge in [0.2, 0.25) is 15.7 Å². The second-order valence-electron chi connectivity index (χ2n) is 5.96. The molecule has 0 fully saturated rings. The van der Waals surface area contributed by atoms with Gasteiger partial charge < -0.3 is 5.32 Å². The number of halogens is 3. The highest BCUT2D eigenvalue weighted by Crippen LogP contribution is 2.24. The van der Waals surface area contributed by atoms with E-state index in [1.165, 1.54) is 60.7 Å². The SMILES string of the molecule is O=C(Cc1ccc(Cl)c(F)c1)Nc1ccc(S(=O)(=O)c2ccc(Cl)cc2)cc1. The summed E-state index contributed by atoms with van der Waals surface area (Å²) in [5.41, 5.74) is 0.899. The lowest BCUT2D eigenvalue weighted by atomic mass is 10.1. The van der Waals surface area contributed by atoms with E-state index >= 15 is 0 Å². The molecule has 0 aliphatic carbocycles. The van der Waals surface area contributed by atoms with Crippen molar-refractivity contribution in [2.24, 2.45) is 0 Å². The van der Waals surface area contributed by atoms with Gasteiger partial charge in [0.15, 0.2) is 0 Å². The van der Waals surface area contributed by atoms with Crippen molar-refractivity contribution >= 4 is 44.6 Å². The zero-order valence-electron chi connectivity index (χ0n) is 14.3. The molecule has 0 aliphatic heterocycles. The minimum Gasteiger partial charge on any atom is -0.326 e. The van der Waals surface area contributed by atoms with Crippen molar-refractivity contribution in [1.82, 2.24) is 0 Å². The molecule has 0 bridgehead atoms. The molecule has 0 unspecified atom stereocenters. The topological polar surface area (TPSA) is 63.2 Å². The maximum Gasteiger partial charge on any atom is 0.228 e. The number of carbonyl (C=O) groups excluding carboxylic acids is 1. The fourth-order valence-electron chi connectivity index (χ4n) is 2.51. The number of amides is 1. The summed E-state index contributed by atoms with van der Waals surface area (Å²) in [6.07, 6.45) is -0.0427. The van der Waals surface area contributed by atoms with Crippen LogP contribution < -0.4 is 5.32 Å². The molecule has 144 valence electrons. The maximum absolute atomic E-state index is 13.4. The Labute approximate surface area is 171 Å². The normalized spacial score (nSPS) is 11.2. The van der Waals surface area contributed by atoms with E-state index in [4.69, 9.17) is 23.2 Å². The average Bonchev–Trinajstić information content (AvgIpc) is 2.65. The van der Waals surface area contributed by atoms with E-state index in [1.54, 1.807) is 6.07 Å². The summed E-state index contributed by atoms with van der Waals surface area (Å²) in [7, 11) is -3.68. The number of sulfone groups is 1. The first-order valence-electron chi connectivity index (χ1n) is 8.10. The third-order valence-corrected chi connectivity index (χ3v) is 6.27. The number of carbonyl (C=O) groups is 1. The molecule has 0 spiro atoms. The lowest BCUT2D eigenvalue weighted by Gasteiger charge is -2.08. The van der Waals surface area contributed by atoms with Crippen molar-refractivity contribution in [3.8, 4) is 0 Å². The fraction of sp³-hybridized carbons (Fsp3) is 0.0500. The molecule has 0 saturated heterocycles. The highest BCUT2D eigenvalue weighted by molar-refractivity contribution is 7.91. The first kappa shape index (κ1) is 20.3. The van der Waals surface area contributed by atoms with Crippen molar-refractivity contribution < 1.29 is 17.6 Å². The van der Waals surface area contributed by atoms with E-state index in [0.29, 0.717) is 16.3 Å². The van der Waals surface area contributed by atoms with Crippen LogP contribution in [0.3, 0.4) is 0 Å². The molecule has 3 rings (SSSR count). The molecule has 8 heteroatoms. The van der Waals surface area contributed by atoms with Crippen molar-refractivity contribution in [3.05, 3.63) is 88.2 Å². The molecule has 0 saturated carbocycles. The van der Waals surface area contributed by atoms with Gasteiger partial charge in [0.1, 0.15) is 5.82 Å². The standard InChI is InChI=1S/C20H14Cl2FNO3S/c21-14-2-6-16(7-3-14)28(26,27)17-8-4-15(5-9-17)24-20(25)12-13-1-10-18(22)19(23)11-13/h1-11H,12H2,(H,24,25). The second kappa shape index (κ2) is 8.31. The molecule has 3 aromatic rings. The van der Waals surface area contributed by atoms with Crippen molar-refractivity contribution in [2.45, 2.75) is 16.2 Å². The maximum atomic E-state index is 13.4. The molecule has 0 aliphatic rings. The molecular weight excluding hydrogens is 424 g/mol. The number of rotatable bonds is 5. The zero-order chi connectivity index (χ0) is 20.3. The lowest BCUT2D eigenvalue weighted by molar-refractivity contribution is -0.115. The Morgan fingerprint density at radius 2 is 1.46 bits per heavy atom. The fourth-order valence-corrected chi connectivity index (χ4v) is 4.01. The average molecular weight is 438 g/mol. The Balaban J connectivity index is 1.70. The predicted molar refractivity (Wildman–Crippen MR) is 107 cm³/mol. The van der Waals surface area contributed by atoms with Crippen molar-refractivity contribution in [3.63, 3.8) is 0 Å². The van der Waals surface area contributed by atoms with Gasteiger partial charge in [0.05, 0.1) is 21.2 Å². The number of benzene rings is 3. The van der Waals surface area contributed by atoms with Gasteiger partial charge in [-0.1, -0.05) is 29.3 Å². The van der Waals surface area contributed by atoms with Crippen LogP contribution in [-0.4, -0.2) is 14.3 Å². The molecule has 4 nitrogen and oxygen atoms in total. The summed E-state index contributed by atoms with van der Waals surface area (Å²) in [6.45, 7) is 0. The van der Waals surface area contributed by atoms with Crippen LogP contribution >= 0.6 is 23.2 Å². The molecular formula is C20H14Cl2FNO3S. The molecule has 28 heavy (non-hydrogen) atoms. The smallest absolute Gasteiger partial charge is 0.228 e. The summed E-state index contributed by atoms with van der Waals surface area (Å²) in [5, 5.41) is 3.07. The molecule has 0 atom stereocenters. The summed E-state index contributed by atoms with van der Waals surface area (Å²) in [6, 6.07) is 15.8. The predicted octanol–water partition coefficient (Wildman–Crippen LogP) is 5.15. The molecule has 1 N–H and O–H groups in total. The van der Waals surface area contributed by atoms with Gasteiger partial charge in [-0.3, -0.25) is 4.79 Å². The number of hydrogen-bond donors (Lipinski definition) is 1. The van der Waals surface area contributed by atoms with E-state index in [9.17, 15) is 17.6 Å². The Morgan fingerprint density at radius 3 is 2.04 bits per heavy atom. The summed E-state index contributed by atoms with van der Waals surface area (Å²) >= 11 is 11.4. The van der Waals surface area contributed by atoms with Gasteiger partial charge in [-0.15, -0.1) is 0 Å². The molecule has 3 aromatic carbocycles. The summed E-state index contributed by atoms with van der Waals surface area (Å²) in [4.78, 5) is 12.3. The monoisotopic (exact) mass is 437 g/mol. The molecule has 1 amide bonds. The van der Waals surface area contributed by atoms with E-state index in [1.807, 2.05) is 0 Å². The van der Waals surface area contributed by atoms with Crippen LogP contribution in [-0.2, 0) is 21.1 Å². The minimum atomic E-state index is -3.68. The third kappa shape index (κ3) is 4.70.